The number of aryl methyl sites for hydroxylation is 2. The fourth-order valence-corrected chi connectivity index (χ4v) is 2.05. The number of carboxylic acid groups (broad SMARTS) is 1. The number of hydrogen-bond donors (Lipinski definition) is 2. The standard InChI is InChI=1S/C8H12N2O2S/c1-4-7(13-5(2)10-4)3-6(9)8(11)12/h6H,3,9H2,1-2H3,(H,11,12). The van der Waals surface area contributed by atoms with Gasteiger partial charge in [-0.25, -0.2) is 4.98 Å². The van der Waals surface area contributed by atoms with Crippen LogP contribution in [0.25, 0.3) is 0 Å². The van der Waals surface area contributed by atoms with Crippen LogP contribution in [0.15, 0.2) is 0 Å². The molecule has 1 aromatic heterocycles. The number of thiazole rings is 1. The largest absolute Gasteiger partial charge is 0.480 e. The van der Waals surface area contributed by atoms with Gasteiger partial charge in [-0.3, -0.25) is 4.79 Å². The Balaban J connectivity index is 2.74. The summed E-state index contributed by atoms with van der Waals surface area (Å²) in [5.41, 5.74) is 6.29. The van der Waals surface area contributed by atoms with Gasteiger partial charge in [-0.2, -0.15) is 0 Å². The van der Waals surface area contributed by atoms with Gasteiger partial charge in [0.05, 0.1) is 10.7 Å². The lowest BCUT2D eigenvalue weighted by atomic mass is 10.2. The molecule has 0 aliphatic rings. The third-order valence-corrected chi connectivity index (χ3v) is 2.82. The summed E-state index contributed by atoms with van der Waals surface area (Å²) in [6.07, 6.45) is 0.368. The predicted molar refractivity (Wildman–Crippen MR) is 50.9 cm³/mol. The van der Waals surface area contributed by atoms with Crippen LogP contribution < -0.4 is 5.73 Å². The summed E-state index contributed by atoms with van der Waals surface area (Å²) in [4.78, 5) is 15.6. The molecule has 0 spiro atoms. The van der Waals surface area contributed by atoms with Gasteiger partial charge in [0.2, 0.25) is 0 Å². The minimum Gasteiger partial charge on any atom is -0.480 e. The summed E-state index contributed by atoms with van der Waals surface area (Å²) in [6.45, 7) is 3.76. The van der Waals surface area contributed by atoms with Crippen molar-refractivity contribution in [1.82, 2.24) is 4.98 Å². The lowest BCUT2D eigenvalue weighted by Crippen LogP contribution is -2.32. The Morgan fingerprint density at radius 1 is 1.69 bits per heavy atom. The number of rotatable bonds is 3. The third-order valence-electron chi connectivity index (χ3n) is 1.72. The zero-order valence-electron chi connectivity index (χ0n) is 7.57. The molecule has 72 valence electrons. The Labute approximate surface area is 80.4 Å². The Morgan fingerprint density at radius 3 is 2.69 bits per heavy atom. The number of aromatic nitrogens is 1. The number of nitrogens with two attached hydrogens (primary N) is 1. The van der Waals surface area contributed by atoms with Crippen LogP contribution in [-0.4, -0.2) is 22.1 Å². The monoisotopic (exact) mass is 200 g/mol. The van der Waals surface area contributed by atoms with Crippen molar-refractivity contribution in [2.45, 2.75) is 26.3 Å². The second kappa shape index (κ2) is 3.85. The zero-order chi connectivity index (χ0) is 10.0. The first-order chi connectivity index (χ1) is 6.00. The Hall–Kier alpha value is -0.940. The third kappa shape index (κ3) is 2.50. The number of carbonyl (C=O) groups is 1. The van der Waals surface area contributed by atoms with Crippen molar-refractivity contribution in [3.63, 3.8) is 0 Å². The highest BCUT2D eigenvalue weighted by Crippen LogP contribution is 2.18. The Bertz CT molecular complexity index is 322. The van der Waals surface area contributed by atoms with Crippen molar-refractivity contribution in [1.29, 1.82) is 0 Å². The van der Waals surface area contributed by atoms with E-state index in [0.717, 1.165) is 15.6 Å². The first-order valence-electron chi connectivity index (χ1n) is 3.92. The summed E-state index contributed by atoms with van der Waals surface area (Å²) in [7, 11) is 0. The number of nitrogens with zero attached hydrogens (tertiary/aromatic N) is 1. The highest BCUT2D eigenvalue weighted by atomic mass is 32.1. The molecule has 3 N–H and O–H groups in total. The van der Waals surface area contributed by atoms with Gasteiger partial charge in [-0.05, 0) is 13.8 Å². The molecule has 0 aliphatic carbocycles. The van der Waals surface area contributed by atoms with Gasteiger partial charge in [-0.1, -0.05) is 0 Å². The summed E-state index contributed by atoms with van der Waals surface area (Å²) in [6, 6.07) is -0.821. The predicted octanol–water partition coefficient (Wildman–Crippen LogP) is 0.714. The molecule has 0 radical (unpaired) electrons. The minimum absolute atomic E-state index is 0.368. The van der Waals surface area contributed by atoms with E-state index in [1.54, 1.807) is 0 Å². The normalized spacial score (nSPS) is 12.8. The van der Waals surface area contributed by atoms with Crippen LogP contribution in [0.5, 0.6) is 0 Å². The van der Waals surface area contributed by atoms with Crippen LogP contribution in [-0.2, 0) is 11.2 Å². The van der Waals surface area contributed by atoms with Crippen LogP contribution in [0.2, 0.25) is 0 Å². The maximum atomic E-state index is 10.5. The Kier molecular flexibility index (Phi) is 3.00. The molecular formula is C8H12N2O2S. The second-order valence-electron chi connectivity index (χ2n) is 2.89. The van der Waals surface area contributed by atoms with Crippen LogP contribution in [0.3, 0.4) is 0 Å². The molecule has 1 unspecified atom stereocenters. The summed E-state index contributed by atoms with van der Waals surface area (Å²) >= 11 is 1.51. The van der Waals surface area contributed by atoms with E-state index in [1.165, 1.54) is 11.3 Å². The lowest BCUT2D eigenvalue weighted by Gasteiger charge is -2.03. The maximum Gasteiger partial charge on any atom is 0.320 e. The van der Waals surface area contributed by atoms with E-state index in [9.17, 15) is 4.79 Å². The van der Waals surface area contributed by atoms with E-state index in [0.29, 0.717) is 6.42 Å². The molecule has 1 atom stereocenters. The van der Waals surface area contributed by atoms with E-state index in [1.807, 2.05) is 13.8 Å². The van der Waals surface area contributed by atoms with E-state index in [-0.39, 0.29) is 0 Å². The van der Waals surface area contributed by atoms with Gasteiger partial charge in [0, 0.05) is 11.3 Å². The molecule has 0 saturated heterocycles. The number of hydrogen-bond acceptors (Lipinski definition) is 4. The van der Waals surface area contributed by atoms with E-state index < -0.39 is 12.0 Å². The summed E-state index contributed by atoms with van der Waals surface area (Å²) in [5, 5.41) is 9.55. The van der Waals surface area contributed by atoms with Crippen LogP contribution in [0.4, 0.5) is 0 Å². The van der Waals surface area contributed by atoms with Crippen molar-refractivity contribution >= 4 is 17.3 Å². The van der Waals surface area contributed by atoms with E-state index in [2.05, 4.69) is 4.98 Å². The first-order valence-corrected chi connectivity index (χ1v) is 4.73. The minimum atomic E-state index is -0.967. The molecule has 0 aliphatic heterocycles. The van der Waals surface area contributed by atoms with Crippen LogP contribution in [0.1, 0.15) is 15.6 Å². The topological polar surface area (TPSA) is 76.2 Å². The molecule has 0 saturated carbocycles. The molecule has 4 nitrogen and oxygen atoms in total. The van der Waals surface area contributed by atoms with Crippen molar-refractivity contribution in [3.8, 4) is 0 Å². The van der Waals surface area contributed by atoms with Gasteiger partial charge < -0.3 is 10.8 Å². The fourth-order valence-electron chi connectivity index (χ4n) is 1.05. The molecular weight excluding hydrogens is 188 g/mol. The molecule has 1 aromatic rings. The summed E-state index contributed by atoms with van der Waals surface area (Å²) < 4.78 is 0. The van der Waals surface area contributed by atoms with Gasteiger partial charge >= 0.3 is 5.97 Å². The average molecular weight is 200 g/mol. The molecule has 13 heavy (non-hydrogen) atoms. The first kappa shape index (κ1) is 10.1. The molecule has 0 amide bonds. The van der Waals surface area contributed by atoms with Gasteiger partial charge in [0.25, 0.3) is 0 Å². The van der Waals surface area contributed by atoms with Gasteiger partial charge in [0.15, 0.2) is 0 Å². The average Bonchev–Trinajstić information content (AvgIpc) is 2.30. The van der Waals surface area contributed by atoms with E-state index in [4.69, 9.17) is 10.8 Å². The molecule has 1 rings (SSSR count). The number of carboxylic acids is 1. The quantitative estimate of drug-likeness (QED) is 0.753. The molecule has 5 heteroatoms. The SMILES string of the molecule is Cc1nc(C)c(CC(N)C(=O)O)s1. The fraction of sp³-hybridized carbons (Fsp3) is 0.500. The van der Waals surface area contributed by atoms with Crippen molar-refractivity contribution in [3.05, 3.63) is 15.6 Å². The van der Waals surface area contributed by atoms with Crippen molar-refractivity contribution in [2.24, 2.45) is 5.73 Å². The smallest absolute Gasteiger partial charge is 0.320 e. The molecule has 0 fully saturated rings. The van der Waals surface area contributed by atoms with Crippen molar-refractivity contribution < 1.29 is 9.90 Å². The zero-order valence-corrected chi connectivity index (χ0v) is 8.39. The number of aliphatic carboxylic acids is 1. The summed E-state index contributed by atoms with van der Waals surface area (Å²) in [5.74, 6) is -0.967. The molecule has 0 aromatic carbocycles. The second-order valence-corrected chi connectivity index (χ2v) is 4.18. The van der Waals surface area contributed by atoms with Crippen molar-refractivity contribution in [2.75, 3.05) is 0 Å². The van der Waals surface area contributed by atoms with E-state index >= 15 is 0 Å². The molecule has 1 heterocycles. The van der Waals surface area contributed by atoms with Crippen LogP contribution in [0, 0.1) is 13.8 Å². The lowest BCUT2D eigenvalue weighted by molar-refractivity contribution is -0.138. The van der Waals surface area contributed by atoms with Gasteiger partial charge in [0.1, 0.15) is 6.04 Å². The maximum absolute atomic E-state index is 10.5. The Morgan fingerprint density at radius 2 is 2.31 bits per heavy atom. The molecule has 0 bridgehead atoms. The van der Waals surface area contributed by atoms with Crippen LogP contribution >= 0.6 is 11.3 Å². The highest BCUT2D eigenvalue weighted by Gasteiger charge is 2.15. The van der Waals surface area contributed by atoms with Gasteiger partial charge in [-0.15, -0.1) is 11.3 Å². The highest BCUT2D eigenvalue weighted by molar-refractivity contribution is 7.11.